The molecule has 2 aromatic rings. The van der Waals surface area contributed by atoms with Gasteiger partial charge in [-0.2, -0.15) is 0 Å². The van der Waals surface area contributed by atoms with Gasteiger partial charge in [0.1, 0.15) is 60.3 Å². The Morgan fingerprint density at radius 1 is 0.650 bits per heavy atom. The fourth-order valence-corrected chi connectivity index (χ4v) is 4.28. The van der Waals surface area contributed by atoms with Gasteiger partial charge in [0.25, 0.3) is 0 Å². The van der Waals surface area contributed by atoms with Gasteiger partial charge in [-0.1, -0.05) is 24.3 Å². The van der Waals surface area contributed by atoms with E-state index in [1.807, 2.05) is 0 Å². The zero-order valence-corrected chi connectivity index (χ0v) is 20.9. The van der Waals surface area contributed by atoms with E-state index in [1.165, 1.54) is 24.3 Å². The van der Waals surface area contributed by atoms with E-state index in [4.69, 9.17) is 18.9 Å². The Morgan fingerprint density at radius 2 is 1.18 bits per heavy atom. The van der Waals surface area contributed by atoms with E-state index in [2.05, 4.69) is 0 Å². The first-order valence-electron chi connectivity index (χ1n) is 12.3. The molecule has 40 heavy (non-hydrogen) atoms. The summed E-state index contributed by atoms with van der Waals surface area (Å²) in [5.74, 6) is -0.894. The Bertz CT molecular complexity index is 1150. The van der Waals surface area contributed by atoms with Gasteiger partial charge in [0.15, 0.2) is 11.5 Å². The van der Waals surface area contributed by atoms with Crippen molar-refractivity contribution < 1.29 is 70.0 Å². The third kappa shape index (κ3) is 6.31. The standard InChI is InChI=1S/C26H32O14/c27-9-16-18(31)20(33)22(35)25(38-16)37-14-7-12(4-1-11-2-5-13(29)6-3-11)24(15(30)8-14)40-26-23(36)21(34)19(32)17(10-28)39-26/h1-8,16-23,25-36H,9-10H2/t16-,17-,18-,19-,20+,21+,22-,23-,25+,26+/m1/s1. The summed E-state index contributed by atoms with van der Waals surface area (Å²) < 4.78 is 22.0. The van der Waals surface area contributed by atoms with Crippen molar-refractivity contribution in [3.05, 3.63) is 47.5 Å². The highest BCUT2D eigenvalue weighted by molar-refractivity contribution is 5.75. The van der Waals surface area contributed by atoms with E-state index < -0.39 is 80.4 Å². The fraction of sp³-hybridized carbons (Fsp3) is 0.462. The molecule has 4 rings (SSSR count). The van der Waals surface area contributed by atoms with Gasteiger partial charge in [0.2, 0.25) is 12.6 Å². The smallest absolute Gasteiger partial charge is 0.229 e. The first-order valence-corrected chi connectivity index (χ1v) is 12.3. The molecule has 0 aliphatic carbocycles. The van der Waals surface area contributed by atoms with Crippen LogP contribution in [0, 0.1) is 0 Å². The highest BCUT2D eigenvalue weighted by Crippen LogP contribution is 2.39. The number of hydrogen-bond donors (Lipinski definition) is 10. The maximum Gasteiger partial charge on any atom is 0.229 e. The maximum absolute atomic E-state index is 10.8. The molecule has 2 aliphatic heterocycles. The Hall–Kier alpha value is -3.02. The molecular formula is C26H32O14. The van der Waals surface area contributed by atoms with Crippen LogP contribution in [0.5, 0.6) is 23.0 Å². The molecule has 2 saturated heterocycles. The fourth-order valence-electron chi connectivity index (χ4n) is 4.28. The Kier molecular flexibility index (Phi) is 9.48. The molecule has 0 aromatic heterocycles. The number of ether oxygens (including phenoxy) is 4. The highest BCUT2D eigenvalue weighted by atomic mass is 16.7. The third-order valence-corrected chi connectivity index (χ3v) is 6.60. The lowest BCUT2D eigenvalue weighted by atomic mass is 9.99. The Labute approximate surface area is 227 Å². The molecule has 10 atom stereocenters. The van der Waals surface area contributed by atoms with Crippen LogP contribution in [-0.2, 0) is 9.47 Å². The van der Waals surface area contributed by atoms with Gasteiger partial charge < -0.3 is 70.0 Å². The third-order valence-electron chi connectivity index (χ3n) is 6.60. The van der Waals surface area contributed by atoms with E-state index >= 15 is 0 Å². The lowest BCUT2D eigenvalue weighted by molar-refractivity contribution is -0.278. The second-order valence-electron chi connectivity index (χ2n) is 9.42. The number of aliphatic hydroxyl groups is 8. The molecule has 220 valence electrons. The summed E-state index contributed by atoms with van der Waals surface area (Å²) in [5.41, 5.74) is 0.737. The van der Waals surface area contributed by atoms with Crippen LogP contribution in [0.1, 0.15) is 11.1 Å². The number of phenolic OH excluding ortho intramolecular Hbond substituents is 2. The van der Waals surface area contributed by atoms with Crippen LogP contribution >= 0.6 is 0 Å². The minimum absolute atomic E-state index is 0.0383. The summed E-state index contributed by atoms with van der Waals surface area (Å²) in [6, 6.07) is 8.47. The predicted molar refractivity (Wildman–Crippen MR) is 134 cm³/mol. The van der Waals surface area contributed by atoms with Crippen molar-refractivity contribution in [2.45, 2.75) is 61.4 Å². The summed E-state index contributed by atoms with van der Waals surface area (Å²) in [5, 5.41) is 100. The number of rotatable bonds is 8. The molecule has 2 aromatic carbocycles. The summed E-state index contributed by atoms with van der Waals surface area (Å²) in [7, 11) is 0. The molecule has 0 unspecified atom stereocenters. The molecule has 0 bridgehead atoms. The average Bonchev–Trinajstić information content (AvgIpc) is 2.94. The van der Waals surface area contributed by atoms with Gasteiger partial charge in [-0.05, 0) is 23.8 Å². The van der Waals surface area contributed by atoms with Crippen LogP contribution in [0.25, 0.3) is 12.2 Å². The molecule has 0 amide bonds. The van der Waals surface area contributed by atoms with E-state index in [0.29, 0.717) is 5.56 Å². The topological polar surface area (TPSA) is 239 Å². The molecule has 0 spiro atoms. The normalized spacial score (nSPS) is 34.6. The summed E-state index contributed by atoms with van der Waals surface area (Å²) in [4.78, 5) is 0. The predicted octanol–water partition coefficient (Wildman–Crippen LogP) is -2.37. The second kappa shape index (κ2) is 12.7. The van der Waals surface area contributed by atoms with Gasteiger partial charge in [-0.15, -0.1) is 0 Å². The molecule has 10 N–H and O–H groups in total. The van der Waals surface area contributed by atoms with Crippen LogP contribution in [0.15, 0.2) is 36.4 Å². The molecule has 2 heterocycles. The van der Waals surface area contributed by atoms with Crippen molar-refractivity contribution in [2.75, 3.05) is 13.2 Å². The zero-order chi connectivity index (χ0) is 29.1. The van der Waals surface area contributed by atoms with Crippen molar-refractivity contribution >= 4 is 12.2 Å². The number of aliphatic hydroxyl groups excluding tert-OH is 8. The van der Waals surface area contributed by atoms with Gasteiger partial charge in [-0.25, -0.2) is 0 Å². The number of phenols is 2. The zero-order valence-electron chi connectivity index (χ0n) is 20.9. The number of benzene rings is 2. The van der Waals surface area contributed by atoms with Gasteiger partial charge in [0.05, 0.1) is 13.2 Å². The van der Waals surface area contributed by atoms with Crippen molar-refractivity contribution in [1.82, 2.24) is 0 Å². The van der Waals surface area contributed by atoms with E-state index in [0.717, 1.165) is 6.07 Å². The molecule has 0 saturated carbocycles. The molecule has 14 nitrogen and oxygen atoms in total. The van der Waals surface area contributed by atoms with Crippen LogP contribution < -0.4 is 9.47 Å². The summed E-state index contributed by atoms with van der Waals surface area (Å²) >= 11 is 0. The van der Waals surface area contributed by atoms with Crippen LogP contribution in [0.3, 0.4) is 0 Å². The summed E-state index contributed by atoms with van der Waals surface area (Å²) in [6.45, 7) is -1.38. The number of hydrogen-bond acceptors (Lipinski definition) is 14. The highest BCUT2D eigenvalue weighted by Gasteiger charge is 2.46. The number of aromatic hydroxyl groups is 2. The van der Waals surface area contributed by atoms with E-state index in [1.54, 1.807) is 18.2 Å². The molecular weight excluding hydrogens is 536 g/mol. The SMILES string of the molecule is OC[C@H]1O[C@@H](Oc2c(O)cc(O[C@H]3O[C@H](CO)[C@@H](O)[C@H](O)[C@H]3O)cc2C=Cc2ccc(O)cc2)[C@H](O)[C@@H](O)[C@@H]1O. The van der Waals surface area contributed by atoms with Crippen LogP contribution in [0.4, 0.5) is 0 Å². The Balaban J connectivity index is 1.67. The van der Waals surface area contributed by atoms with Gasteiger partial charge >= 0.3 is 0 Å². The monoisotopic (exact) mass is 568 g/mol. The van der Waals surface area contributed by atoms with Gasteiger partial charge in [-0.3, -0.25) is 0 Å². The van der Waals surface area contributed by atoms with E-state index in [9.17, 15) is 51.1 Å². The lowest BCUT2D eigenvalue weighted by Gasteiger charge is -2.40. The minimum Gasteiger partial charge on any atom is -0.508 e. The first-order chi connectivity index (χ1) is 19.0. The quantitative estimate of drug-likeness (QED) is 0.150. The lowest BCUT2D eigenvalue weighted by Crippen LogP contribution is -2.60. The second-order valence-corrected chi connectivity index (χ2v) is 9.42. The Morgan fingerprint density at radius 3 is 1.70 bits per heavy atom. The van der Waals surface area contributed by atoms with Crippen molar-refractivity contribution in [3.8, 4) is 23.0 Å². The first kappa shape index (κ1) is 30.0. The minimum atomic E-state index is -1.77. The molecule has 2 fully saturated rings. The van der Waals surface area contributed by atoms with Crippen LogP contribution in [0.2, 0.25) is 0 Å². The van der Waals surface area contributed by atoms with E-state index in [-0.39, 0.29) is 22.8 Å². The maximum atomic E-state index is 10.8. The van der Waals surface area contributed by atoms with Crippen LogP contribution in [-0.4, -0.2) is 126 Å². The molecule has 2 aliphatic rings. The van der Waals surface area contributed by atoms with Crippen molar-refractivity contribution in [2.24, 2.45) is 0 Å². The van der Waals surface area contributed by atoms with Crippen molar-refractivity contribution in [3.63, 3.8) is 0 Å². The van der Waals surface area contributed by atoms with Gasteiger partial charge in [0, 0.05) is 11.6 Å². The average molecular weight is 569 g/mol. The largest absolute Gasteiger partial charge is 0.508 e. The summed E-state index contributed by atoms with van der Waals surface area (Å²) in [6.07, 6.45) is -12.8. The molecule has 0 radical (unpaired) electrons. The molecule has 14 heteroatoms. The van der Waals surface area contributed by atoms with Crippen molar-refractivity contribution in [1.29, 1.82) is 0 Å².